The van der Waals surface area contributed by atoms with Crippen LogP contribution in [0.2, 0.25) is 0 Å². The molecule has 2 nitrogen and oxygen atoms in total. The zero-order chi connectivity index (χ0) is 12.0. The van der Waals surface area contributed by atoms with Gasteiger partial charge in [0.2, 0.25) is 0 Å². The standard InChI is InChI=1S/C14H27NO/c1-5-11(9-16)15-12-8-10-6-7-14(12,4)13(10,2)3/h10-12,15-16H,5-9H2,1-4H3. The lowest BCUT2D eigenvalue weighted by molar-refractivity contribution is 0.106. The van der Waals surface area contributed by atoms with E-state index in [4.69, 9.17) is 0 Å². The first-order valence-corrected chi connectivity index (χ1v) is 6.82. The molecule has 2 bridgehead atoms. The minimum absolute atomic E-state index is 0.272. The molecule has 0 aromatic rings. The molecule has 0 aromatic heterocycles. The monoisotopic (exact) mass is 225 g/mol. The van der Waals surface area contributed by atoms with Crippen LogP contribution in [0.25, 0.3) is 0 Å². The summed E-state index contributed by atoms with van der Waals surface area (Å²) < 4.78 is 0. The molecule has 0 spiro atoms. The topological polar surface area (TPSA) is 32.3 Å². The molecule has 0 saturated heterocycles. The first kappa shape index (κ1) is 12.4. The third kappa shape index (κ3) is 1.53. The smallest absolute Gasteiger partial charge is 0.0584 e. The molecule has 0 amide bonds. The molecule has 16 heavy (non-hydrogen) atoms. The van der Waals surface area contributed by atoms with Gasteiger partial charge in [0, 0.05) is 12.1 Å². The highest BCUT2D eigenvalue weighted by Gasteiger charge is 2.61. The van der Waals surface area contributed by atoms with Crippen LogP contribution in [0.15, 0.2) is 0 Å². The van der Waals surface area contributed by atoms with E-state index in [1.807, 2.05) is 0 Å². The quantitative estimate of drug-likeness (QED) is 0.770. The van der Waals surface area contributed by atoms with Crippen LogP contribution in [0.4, 0.5) is 0 Å². The summed E-state index contributed by atoms with van der Waals surface area (Å²) in [6, 6.07) is 0.898. The molecular formula is C14H27NO. The Labute approximate surface area is 99.8 Å². The fourth-order valence-corrected chi connectivity index (χ4v) is 4.04. The normalized spacial score (nSPS) is 42.6. The first-order chi connectivity index (χ1) is 7.45. The van der Waals surface area contributed by atoms with Crippen LogP contribution < -0.4 is 5.32 Å². The highest BCUT2D eigenvalue weighted by Crippen LogP contribution is 2.65. The summed E-state index contributed by atoms with van der Waals surface area (Å²) >= 11 is 0. The molecule has 2 heteroatoms. The van der Waals surface area contributed by atoms with E-state index >= 15 is 0 Å². The van der Waals surface area contributed by atoms with Gasteiger partial charge in [0.1, 0.15) is 0 Å². The molecule has 2 aliphatic rings. The van der Waals surface area contributed by atoms with E-state index in [1.165, 1.54) is 19.3 Å². The van der Waals surface area contributed by atoms with Gasteiger partial charge in [-0.1, -0.05) is 27.7 Å². The second-order valence-electron chi connectivity index (χ2n) is 6.62. The van der Waals surface area contributed by atoms with Crippen LogP contribution in [-0.4, -0.2) is 23.8 Å². The fourth-order valence-electron chi connectivity index (χ4n) is 4.04. The Bertz CT molecular complexity index is 259. The van der Waals surface area contributed by atoms with Gasteiger partial charge in [-0.2, -0.15) is 0 Å². The number of fused-ring (bicyclic) bond motifs is 2. The molecule has 0 heterocycles. The fraction of sp³-hybridized carbons (Fsp3) is 1.00. The highest BCUT2D eigenvalue weighted by molar-refractivity contribution is 5.13. The van der Waals surface area contributed by atoms with E-state index in [-0.39, 0.29) is 12.6 Å². The van der Waals surface area contributed by atoms with Gasteiger partial charge in [-0.3, -0.25) is 0 Å². The van der Waals surface area contributed by atoms with Crippen LogP contribution in [0.5, 0.6) is 0 Å². The van der Waals surface area contributed by atoms with Crippen LogP contribution in [-0.2, 0) is 0 Å². The van der Waals surface area contributed by atoms with E-state index < -0.39 is 0 Å². The molecular weight excluding hydrogens is 198 g/mol. The molecule has 2 N–H and O–H groups in total. The summed E-state index contributed by atoms with van der Waals surface area (Å²) in [7, 11) is 0. The summed E-state index contributed by atoms with van der Waals surface area (Å²) in [5.41, 5.74) is 0.901. The molecule has 0 aliphatic heterocycles. The summed E-state index contributed by atoms with van der Waals surface area (Å²) in [4.78, 5) is 0. The van der Waals surface area contributed by atoms with Crippen LogP contribution in [0, 0.1) is 16.7 Å². The van der Waals surface area contributed by atoms with Crippen LogP contribution in [0.3, 0.4) is 0 Å². The number of hydrogen-bond donors (Lipinski definition) is 2. The maximum atomic E-state index is 9.31. The predicted molar refractivity (Wildman–Crippen MR) is 67.3 cm³/mol. The van der Waals surface area contributed by atoms with Gasteiger partial charge < -0.3 is 10.4 Å². The lowest BCUT2D eigenvalue weighted by atomic mass is 9.69. The first-order valence-electron chi connectivity index (χ1n) is 6.82. The number of nitrogens with one attached hydrogen (secondary N) is 1. The van der Waals surface area contributed by atoms with Gasteiger partial charge in [-0.25, -0.2) is 0 Å². The van der Waals surface area contributed by atoms with Crippen LogP contribution >= 0.6 is 0 Å². The molecule has 2 aliphatic carbocycles. The predicted octanol–water partition coefficient (Wildman–Crippen LogP) is 2.56. The number of aliphatic hydroxyl groups is 1. The van der Waals surface area contributed by atoms with Crippen molar-refractivity contribution in [1.82, 2.24) is 5.32 Å². The zero-order valence-corrected chi connectivity index (χ0v) is 11.2. The van der Waals surface area contributed by atoms with Crippen molar-refractivity contribution in [3.63, 3.8) is 0 Å². The van der Waals surface area contributed by atoms with Crippen LogP contribution in [0.1, 0.15) is 53.4 Å². The maximum Gasteiger partial charge on any atom is 0.0584 e. The lowest BCUT2D eigenvalue weighted by Crippen LogP contribution is -2.49. The van der Waals surface area contributed by atoms with E-state index in [2.05, 4.69) is 33.0 Å². The third-order valence-electron chi connectivity index (χ3n) is 5.94. The average Bonchev–Trinajstić information content (AvgIpc) is 2.58. The Balaban J connectivity index is 2.09. The van der Waals surface area contributed by atoms with Gasteiger partial charge in [0.15, 0.2) is 0 Å². The molecule has 0 aromatic carbocycles. The van der Waals surface area contributed by atoms with Crippen molar-refractivity contribution in [2.24, 2.45) is 16.7 Å². The molecule has 4 atom stereocenters. The highest BCUT2D eigenvalue weighted by atomic mass is 16.3. The molecule has 2 fully saturated rings. The summed E-state index contributed by atoms with van der Waals surface area (Å²) in [5.74, 6) is 0.881. The minimum Gasteiger partial charge on any atom is -0.395 e. The Morgan fingerprint density at radius 2 is 2.06 bits per heavy atom. The Morgan fingerprint density at radius 3 is 2.44 bits per heavy atom. The van der Waals surface area contributed by atoms with E-state index in [1.54, 1.807) is 0 Å². The van der Waals surface area contributed by atoms with Crippen molar-refractivity contribution in [2.45, 2.75) is 65.5 Å². The number of rotatable bonds is 4. The molecule has 2 saturated carbocycles. The second kappa shape index (κ2) is 3.99. The summed E-state index contributed by atoms with van der Waals surface area (Å²) in [6.45, 7) is 9.74. The van der Waals surface area contributed by atoms with Gasteiger partial charge in [-0.05, 0) is 42.4 Å². The van der Waals surface area contributed by atoms with Crippen molar-refractivity contribution in [2.75, 3.05) is 6.61 Å². The Kier molecular flexibility index (Phi) is 3.09. The van der Waals surface area contributed by atoms with Crippen molar-refractivity contribution >= 4 is 0 Å². The van der Waals surface area contributed by atoms with Gasteiger partial charge in [0.25, 0.3) is 0 Å². The third-order valence-corrected chi connectivity index (χ3v) is 5.94. The molecule has 2 rings (SSSR count). The van der Waals surface area contributed by atoms with Gasteiger partial charge in [-0.15, -0.1) is 0 Å². The SMILES string of the molecule is CCC(CO)NC1CC2CCC1(C)C2(C)C. The van der Waals surface area contributed by atoms with Crippen molar-refractivity contribution in [3.8, 4) is 0 Å². The zero-order valence-electron chi connectivity index (χ0n) is 11.2. The van der Waals surface area contributed by atoms with E-state index in [9.17, 15) is 5.11 Å². The van der Waals surface area contributed by atoms with Crippen molar-refractivity contribution < 1.29 is 5.11 Å². The average molecular weight is 225 g/mol. The number of aliphatic hydroxyl groups excluding tert-OH is 1. The molecule has 0 radical (unpaired) electrons. The van der Waals surface area contributed by atoms with Crippen molar-refractivity contribution in [3.05, 3.63) is 0 Å². The van der Waals surface area contributed by atoms with Crippen molar-refractivity contribution in [1.29, 1.82) is 0 Å². The number of hydrogen-bond acceptors (Lipinski definition) is 2. The minimum atomic E-state index is 0.272. The summed E-state index contributed by atoms with van der Waals surface area (Å²) in [6.07, 6.45) is 5.08. The second-order valence-corrected chi connectivity index (χ2v) is 6.62. The largest absolute Gasteiger partial charge is 0.395 e. The Morgan fingerprint density at radius 1 is 1.38 bits per heavy atom. The molecule has 94 valence electrons. The molecule has 4 unspecified atom stereocenters. The lowest BCUT2D eigenvalue weighted by Gasteiger charge is -2.41. The van der Waals surface area contributed by atoms with E-state index in [0.717, 1.165) is 12.3 Å². The van der Waals surface area contributed by atoms with Gasteiger partial charge >= 0.3 is 0 Å². The maximum absolute atomic E-state index is 9.31. The van der Waals surface area contributed by atoms with E-state index in [0.29, 0.717) is 16.9 Å². The Hall–Kier alpha value is -0.0800. The van der Waals surface area contributed by atoms with Gasteiger partial charge in [0.05, 0.1) is 6.61 Å². The summed E-state index contributed by atoms with van der Waals surface area (Å²) in [5, 5.41) is 13.0.